The summed E-state index contributed by atoms with van der Waals surface area (Å²) in [4.78, 5) is 17.2. The lowest BCUT2D eigenvalue weighted by Gasteiger charge is -2.21. The van der Waals surface area contributed by atoms with E-state index in [2.05, 4.69) is 11.1 Å². The number of rotatable bonds is 2. The molecule has 1 aliphatic heterocycles. The Hall–Kier alpha value is -3.15. The minimum absolute atomic E-state index is 0.00820. The van der Waals surface area contributed by atoms with E-state index in [0.29, 0.717) is 31.2 Å². The summed E-state index contributed by atoms with van der Waals surface area (Å²) in [5.41, 5.74) is 6.14. The highest BCUT2D eigenvalue weighted by molar-refractivity contribution is 6.37. The zero-order chi connectivity index (χ0) is 23.4. The van der Waals surface area contributed by atoms with Crippen LogP contribution < -0.4 is 22.3 Å². The van der Waals surface area contributed by atoms with Crippen molar-refractivity contribution < 1.29 is 8.83 Å². The Morgan fingerprint density at radius 3 is 2.24 bits per heavy atom. The molecular weight excluding hydrogens is 510 g/mol. The molecule has 2 aromatic carbocycles. The fraction of sp³-hybridized carbons (Fsp3) is 0.0455. The predicted octanol–water partition coefficient (Wildman–Crippen LogP) is 4.26. The maximum Gasteiger partial charge on any atom is 0.362 e. The van der Waals surface area contributed by atoms with E-state index in [0.717, 1.165) is 0 Å². The topological polar surface area (TPSA) is 111 Å². The molecule has 4 aromatic rings. The van der Waals surface area contributed by atoms with Crippen LogP contribution in [0.3, 0.4) is 0 Å². The van der Waals surface area contributed by atoms with Gasteiger partial charge in [-0.05, 0) is 30.3 Å². The number of nitrogen functional groups attached to an aromatic ring is 1. The number of nitrogens with zero attached hydrogens (tertiary/aromatic N) is 3. The Balaban J connectivity index is 1.95. The molecule has 0 saturated carbocycles. The molecule has 164 valence electrons. The summed E-state index contributed by atoms with van der Waals surface area (Å²) < 4.78 is 12.5. The molecule has 2 aromatic heterocycles. The van der Waals surface area contributed by atoms with Crippen LogP contribution >= 0.6 is 46.4 Å². The Morgan fingerprint density at radius 2 is 1.64 bits per heavy atom. The fourth-order valence-electron chi connectivity index (χ4n) is 3.80. The molecule has 0 radical (unpaired) electrons. The van der Waals surface area contributed by atoms with E-state index in [1.165, 1.54) is 10.6 Å². The van der Waals surface area contributed by atoms with E-state index in [9.17, 15) is 10.1 Å². The van der Waals surface area contributed by atoms with Crippen LogP contribution in [0.2, 0.25) is 20.1 Å². The van der Waals surface area contributed by atoms with Crippen LogP contribution in [-0.4, -0.2) is 9.55 Å². The van der Waals surface area contributed by atoms with Crippen LogP contribution in [0.5, 0.6) is 0 Å². The third kappa shape index (κ3) is 3.35. The van der Waals surface area contributed by atoms with Gasteiger partial charge in [-0.15, -0.1) is 0 Å². The number of anilines is 1. The first kappa shape index (κ1) is 21.7. The monoisotopic (exact) mass is 518 g/mol. The Morgan fingerprint density at radius 1 is 1.03 bits per heavy atom. The van der Waals surface area contributed by atoms with Gasteiger partial charge in [0.25, 0.3) is 6.01 Å². The number of fused-ring (bicyclic) bond motifs is 3. The van der Waals surface area contributed by atoms with E-state index in [-0.39, 0.29) is 34.1 Å². The van der Waals surface area contributed by atoms with Gasteiger partial charge in [-0.25, -0.2) is 9.36 Å². The smallest absolute Gasteiger partial charge is 0.362 e. The summed E-state index contributed by atoms with van der Waals surface area (Å²) in [6.07, 6.45) is 1.44. The number of hydrogen-bond acceptors (Lipinski definition) is 6. The number of halogens is 4. The first-order valence-corrected chi connectivity index (χ1v) is 10.9. The SMILES string of the molecule is N#CC1=c2oc(=O)/c(=C\c3c(Cl)cccc3Cl)n2-c2oc(N)nc2[C@@H]1c1c(Cl)cccc1Cl. The zero-order valence-corrected chi connectivity index (χ0v) is 19.3. The number of aromatic nitrogens is 2. The van der Waals surface area contributed by atoms with E-state index < -0.39 is 11.5 Å². The summed E-state index contributed by atoms with van der Waals surface area (Å²) in [6, 6.07) is 11.8. The summed E-state index contributed by atoms with van der Waals surface area (Å²) >= 11 is 25.4. The van der Waals surface area contributed by atoms with Crippen LogP contribution in [0.25, 0.3) is 17.5 Å². The molecule has 1 aliphatic rings. The van der Waals surface area contributed by atoms with Gasteiger partial charge in [0.05, 0.1) is 5.92 Å². The van der Waals surface area contributed by atoms with Crippen LogP contribution in [0.1, 0.15) is 22.7 Å². The largest absolute Gasteiger partial charge is 0.406 e. The lowest BCUT2D eigenvalue weighted by molar-refractivity contribution is 0.455. The molecule has 0 fully saturated rings. The Bertz CT molecular complexity index is 1640. The van der Waals surface area contributed by atoms with Crippen molar-refractivity contribution in [2.24, 2.45) is 0 Å². The molecule has 7 nitrogen and oxygen atoms in total. The number of nitrogens with two attached hydrogens (primary N) is 1. The quantitative estimate of drug-likeness (QED) is 0.423. The molecule has 0 unspecified atom stereocenters. The van der Waals surface area contributed by atoms with Gasteiger partial charge < -0.3 is 14.6 Å². The van der Waals surface area contributed by atoms with Crippen molar-refractivity contribution in [2.75, 3.05) is 5.73 Å². The van der Waals surface area contributed by atoms with Crippen molar-refractivity contribution in [1.29, 1.82) is 5.26 Å². The molecule has 2 N–H and O–H groups in total. The van der Waals surface area contributed by atoms with Crippen LogP contribution in [0.4, 0.5) is 6.01 Å². The van der Waals surface area contributed by atoms with E-state index in [4.69, 9.17) is 61.0 Å². The highest BCUT2D eigenvalue weighted by Crippen LogP contribution is 2.43. The number of hydrogen-bond donors (Lipinski definition) is 1. The van der Waals surface area contributed by atoms with Gasteiger partial charge in [0.15, 0.2) is 0 Å². The first-order valence-electron chi connectivity index (χ1n) is 9.34. The minimum atomic E-state index is -0.880. The standard InChI is InChI=1S/C22H10Cl4N4O3/c23-11-3-1-4-12(24)9(11)7-15-21(31)32-19-10(8-27)16(17-13(25)5-2-6-14(17)26)18-20(30(15)19)33-22(28)29-18/h1-7,16H,(H2,28,29)/b15-7+/t16-/m0/s1. The van der Waals surface area contributed by atoms with Gasteiger partial charge in [-0.2, -0.15) is 10.2 Å². The van der Waals surface area contributed by atoms with Gasteiger partial charge in [0.2, 0.25) is 11.4 Å². The molecule has 3 heterocycles. The Kier molecular flexibility index (Phi) is 5.26. The van der Waals surface area contributed by atoms with Gasteiger partial charge >= 0.3 is 5.63 Å². The molecule has 11 heteroatoms. The van der Waals surface area contributed by atoms with Crippen molar-refractivity contribution >= 4 is 64.1 Å². The first-order chi connectivity index (χ1) is 15.8. The lowest BCUT2D eigenvalue weighted by atomic mass is 9.87. The highest BCUT2D eigenvalue weighted by atomic mass is 35.5. The van der Waals surface area contributed by atoms with Gasteiger partial charge in [-0.1, -0.05) is 58.5 Å². The summed E-state index contributed by atoms with van der Waals surface area (Å²) in [7, 11) is 0. The molecule has 33 heavy (non-hydrogen) atoms. The van der Waals surface area contributed by atoms with Gasteiger partial charge in [0.1, 0.15) is 22.7 Å². The molecule has 0 amide bonds. The van der Waals surface area contributed by atoms with Crippen LogP contribution in [0.15, 0.2) is 50.0 Å². The molecule has 0 spiro atoms. The summed E-state index contributed by atoms with van der Waals surface area (Å²) in [5.74, 6) is -0.794. The molecule has 5 rings (SSSR count). The maximum atomic E-state index is 12.9. The van der Waals surface area contributed by atoms with Crippen LogP contribution in [-0.2, 0) is 0 Å². The molecule has 0 aliphatic carbocycles. The zero-order valence-electron chi connectivity index (χ0n) is 16.3. The summed E-state index contributed by atoms with van der Waals surface area (Å²) in [5, 5.41) is 11.3. The van der Waals surface area contributed by atoms with Gasteiger partial charge in [0, 0.05) is 31.2 Å². The lowest BCUT2D eigenvalue weighted by Crippen LogP contribution is -2.35. The molecule has 0 bridgehead atoms. The van der Waals surface area contributed by atoms with Gasteiger partial charge in [-0.3, -0.25) is 0 Å². The second-order valence-electron chi connectivity index (χ2n) is 7.03. The molecule has 1 atom stereocenters. The van der Waals surface area contributed by atoms with Crippen molar-refractivity contribution in [3.8, 4) is 12.0 Å². The number of oxazole rings is 2. The third-order valence-corrected chi connectivity index (χ3v) is 6.50. The minimum Gasteiger partial charge on any atom is -0.406 e. The van der Waals surface area contributed by atoms with Crippen molar-refractivity contribution in [3.05, 3.63) is 94.6 Å². The van der Waals surface area contributed by atoms with Crippen molar-refractivity contribution in [1.82, 2.24) is 9.55 Å². The van der Waals surface area contributed by atoms with E-state index >= 15 is 0 Å². The summed E-state index contributed by atoms with van der Waals surface area (Å²) in [6.45, 7) is 0. The second kappa shape index (κ2) is 8.01. The normalized spacial score (nSPS) is 15.3. The van der Waals surface area contributed by atoms with Crippen LogP contribution in [0, 0.1) is 11.3 Å². The average molecular weight is 520 g/mol. The van der Waals surface area contributed by atoms with E-state index in [1.807, 2.05) is 0 Å². The average Bonchev–Trinajstić information content (AvgIpc) is 3.29. The second-order valence-corrected chi connectivity index (χ2v) is 8.66. The maximum absolute atomic E-state index is 12.9. The van der Waals surface area contributed by atoms with Crippen molar-refractivity contribution in [2.45, 2.75) is 5.92 Å². The number of nitriles is 1. The third-order valence-electron chi connectivity index (χ3n) is 5.18. The molecule has 0 saturated heterocycles. The predicted molar refractivity (Wildman–Crippen MR) is 125 cm³/mol. The highest BCUT2D eigenvalue weighted by Gasteiger charge is 2.38. The number of benzene rings is 2. The molecular formula is C22H10Cl4N4O3. The Labute approximate surface area is 205 Å². The van der Waals surface area contributed by atoms with E-state index in [1.54, 1.807) is 36.4 Å². The fourth-order valence-corrected chi connectivity index (χ4v) is 4.92. The van der Waals surface area contributed by atoms with Crippen molar-refractivity contribution in [3.63, 3.8) is 0 Å².